The minimum absolute atomic E-state index is 0.123. The van der Waals surface area contributed by atoms with Gasteiger partial charge >= 0.3 is 5.97 Å². The Balaban J connectivity index is 0.000000360. The fourth-order valence-electron chi connectivity index (χ4n) is 1.81. The highest BCUT2D eigenvalue weighted by Gasteiger charge is 2.24. The van der Waals surface area contributed by atoms with Crippen molar-refractivity contribution in [2.75, 3.05) is 20.2 Å². The maximum Gasteiger partial charge on any atom is 0.305 e. The highest BCUT2D eigenvalue weighted by Crippen LogP contribution is 2.16. The van der Waals surface area contributed by atoms with Crippen molar-refractivity contribution in [1.29, 1.82) is 0 Å². The molecule has 0 spiro atoms. The quantitative estimate of drug-likeness (QED) is 0.730. The number of ether oxygens (including phenoxy) is 1. The van der Waals surface area contributed by atoms with Gasteiger partial charge in [-0.25, -0.2) is 0 Å². The first-order valence-corrected chi connectivity index (χ1v) is 6.77. The van der Waals surface area contributed by atoms with Crippen LogP contribution < -0.4 is 0 Å². The molecule has 4 heteroatoms. The first kappa shape index (κ1) is 16.9. The van der Waals surface area contributed by atoms with E-state index in [9.17, 15) is 9.59 Å². The number of methoxy groups -OCH3 is 1. The van der Waals surface area contributed by atoms with Crippen molar-refractivity contribution in [3.63, 3.8) is 0 Å². The lowest BCUT2D eigenvalue weighted by molar-refractivity contribution is -0.140. The number of esters is 1. The van der Waals surface area contributed by atoms with Gasteiger partial charge in [-0.05, 0) is 18.8 Å². The highest BCUT2D eigenvalue weighted by atomic mass is 16.5. The zero-order valence-corrected chi connectivity index (χ0v) is 12.4. The second kappa shape index (κ2) is 8.95. The van der Waals surface area contributed by atoms with Gasteiger partial charge in [0, 0.05) is 25.4 Å². The van der Waals surface area contributed by atoms with Crippen LogP contribution in [0.4, 0.5) is 0 Å². The van der Waals surface area contributed by atoms with Crippen molar-refractivity contribution in [1.82, 2.24) is 4.90 Å². The van der Waals surface area contributed by atoms with Crippen LogP contribution in [0.25, 0.3) is 0 Å². The minimum Gasteiger partial charge on any atom is -0.469 e. The van der Waals surface area contributed by atoms with Crippen LogP contribution in [0.1, 0.15) is 47.0 Å². The number of carbonyl (C=O) groups is 2. The third-order valence-electron chi connectivity index (χ3n) is 2.91. The molecular formula is C14H27NO3. The number of likely N-dealkylation sites (tertiary alicyclic amines) is 1. The Hall–Kier alpha value is -1.06. The molecule has 106 valence electrons. The molecule has 0 aromatic heterocycles. The van der Waals surface area contributed by atoms with Crippen LogP contribution in [0.3, 0.4) is 0 Å². The number of hydrogen-bond donors (Lipinski definition) is 0. The van der Waals surface area contributed by atoms with Gasteiger partial charge in [0.15, 0.2) is 0 Å². The SMILES string of the molecule is CC1CCN(C(=O)C(C)C)C1.CCCC(=O)OC. The van der Waals surface area contributed by atoms with E-state index in [0.29, 0.717) is 18.2 Å². The average molecular weight is 257 g/mol. The molecule has 1 unspecified atom stereocenters. The number of amides is 1. The van der Waals surface area contributed by atoms with Crippen LogP contribution >= 0.6 is 0 Å². The third-order valence-corrected chi connectivity index (χ3v) is 2.91. The minimum atomic E-state index is -0.123. The average Bonchev–Trinajstić information content (AvgIpc) is 2.75. The molecule has 1 rings (SSSR count). The molecule has 1 atom stereocenters. The first-order valence-electron chi connectivity index (χ1n) is 6.77. The lowest BCUT2D eigenvalue weighted by Gasteiger charge is -2.17. The van der Waals surface area contributed by atoms with Crippen molar-refractivity contribution < 1.29 is 14.3 Å². The van der Waals surface area contributed by atoms with Crippen LogP contribution in [-0.4, -0.2) is 37.0 Å². The van der Waals surface area contributed by atoms with E-state index in [1.807, 2.05) is 25.7 Å². The summed E-state index contributed by atoms with van der Waals surface area (Å²) < 4.78 is 4.35. The van der Waals surface area contributed by atoms with E-state index in [2.05, 4.69) is 11.7 Å². The molecule has 18 heavy (non-hydrogen) atoms. The van der Waals surface area contributed by atoms with E-state index in [4.69, 9.17) is 0 Å². The van der Waals surface area contributed by atoms with Crippen LogP contribution in [0, 0.1) is 11.8 Å². The number of rotatable bonds is 3. The Labute approximate surface area is 111 Å². The Morgan fingerprint density at radius 3 is 2.28 bits per heavy atom. The van der Waals surface area contributed by atoms with Crippen LogP contribution in [0.2, 0.25) is 0 Å². The van der Waals surface area contributed by atoms with Crippen molar-refractivity contribution in [3.8, 4) is 0 Å². The maximum absolute atomic E-state index is 11.4. The first-order chi connectivity index (χ1) is 8.42. The molecule has 4 nitrogen and oxygen atoms in total. The molecule has 0 aliphatic carbocycles. The van der Waals surface area contributed by atoms with Crippen molar-refractivity contribution in [2.45, 2.75) is 47.0 Å². The zero-order valence-electron chi connectivity index (χ0n) is 12.4. The predicted octanol–water partition coefficient (Wildman–Crippen LogP) is 2.47. The molecule has 1 aliphatic heterocycles. The Kier molecular flexibility index (Phi) is 8.42. The van der Waals surface area contributed by atoms with Crippen molar-refractivity contribution in [3.05, 3.63) is 0 Å². The van der Waals surface area contributed by atoms with Gasteiger partial charge in [0.25, 0.3) is 0 Å². The van der Waals surface area contributed by atoms with E-state index >= 15 is 0 Å². The van der Waals surface area contributed by atoms with E-state index in [1.54, 1.807) is 0 Å². The molecule has 1 aliphatic rings. The summed E-state index contributed by atoms with van der Waals surface area (Å²) >= 11 is 0. The van der Waals surface area contributed by atoms with Gasteiger partial charge in [-0.3, -0.25) is 9.59 Å². The monoisotopic (exact) mass is 257 g/mol. The summed E-state index contributed by atoms with van der Waals surface area (Å²) in [6, 6.07) is 0. The molecule has 1 saturated heterocycles. The van der Waals surface area contributed by atoms with Crippen molar-refractivity contribution >= 4 is 11.9 Å². The summed E-state index contributed by atoms with van der Waals surface area (Å²) in [5, 5.41) is 0. The normalized spacial score (nSPS) is 18.3. The lowest BCUT2D eigenvalue weighted by Crippen LogP contribution is -2.31. The Bertz CT molecular complexity index is 264. The summed E-state index contributed by atoms with van der Waals surface area (Å²) in [6.45, 7) is 10.0. The van der Waals surface area contributed by atoms with Gasteiger partial charge < -0.3 is 9.64 Å². The lowest BCUT2D eigenvalue weighted by atomic mass is 10.2. The van der Waals surface area contributed by atoms with Gasteiger partial charge in [-0.1, -0.05) is 27.7 Å². The topological polar surface area (TPSA) is 46.6 Å². The molecule has 0 aromatic rings. The summed E-state index contributed by atoms with van der Waals surface area (Å²) in [5.41, 5.74) is 0. The van der Waals surface area contributed by atoms with Gasteiger partial charge in [0.05, 0.1) is 7.11 Å². The van der Waals surface area contributed by atoms with Crippen LogP contribution in [-0.2, 0) is 14.3 Å². The molecule has 0 aromatic carbocycles. The van der Waals surface area contributed by atoms with E-state index in [0.717, 1.165) is 19.5 Å². The van der Waals surface area contributed by atoms with Gasteiger partial charge in [-0.15, -0.1) is 0 Å². The second-order valence-electron chi connectivity index (χ2n) is 5.16. The smallest absolute Gasteiger partial charge is 0.305 e. The fraction of sp³-hybridized carbons (Fsp3) is 0.857. The van der Waals surface area contributed by atoms with Crippen LogP contribution in [0.5, 0.6) is 0 Å². The number of nitrogens with zero attached hydrogens (tertiary/aromatic N) is 1. The van der Waals surface area contributed by atoms with Crippen LogP contribution in [0.15, 0.2) is 0 Å². The second-order valence-corrected chi connectivity index (χ2v) is 5.16. The number of hydrogen-bond acceptors (Lipinski definition) is 3. The summed E-state index contributed by atoms with van der Waals surface area (Å²) in [5.74, 6) is 1.06. The van der Waals surface area contributed by atoms with E-state index < -0.39 is 0 Å². The molecule has 1 heterocycles. The number of carbonyl (C=O) groups excluding carboxylic acids is 2. The summed E-state index contributed by atoms with van der Waals surface area (Å²) in [4.78, 5) is 23.6. The standard InChI is InChI=1S/C9H17NO.C5H10O2/c1-7(2)9(11)10-5-4-8(3)6-10;1-3-4-5(6)7-2/h7-8H,4-6H2,1-3H3;3-4H2,1-2H3. The van der Waals surface area contributed by atoms with Gasteiger partial charge in [0.2, 0.25) is 5.91 Å². The van der Waals surface area contributed by atoms with Gasteiger partial charge in [-0.2, -0.15) is 0 Å². The molecule has 0 radical (unpaired) electrons. The van der Waals surface area contributed by atoms with E-state index in [-0.39, 0.29) is 11.9 Å². The molecule has 0 saturated carbocycles. The van der Waals surface area contributed by atoms with E-state index in [1.165, 1.54) is 13.5 Å². The Morgan fingerprint density at radius 2 is 2.00 bits per heavy atom. The fourth-order valence-corrected chi connectivity index (χ4v) is 1.81. The largest absolute Gasteiger partial charge is 0.469 e. The third kappa shape index (κ3) is 6.62. The molecular weight excluding hydrogens is 230 g/mol. The van der Waals surface area contributed by atoms with Crippen molar-refractivity contribution in [2.24, 2.45) is 11.8 Å². The molecule has 1 amide bonds. The summed E-state index contributed by atoms with van der Waals surface area (Å²) in [6.07, 6.45) is 2.58. The zero-order chi connectivity index (χ0) is 14.1. The molecule has 0 bridgehead atoms. The molecule has 0 N–H and O–H groups in total. The summed E-state index contributed by atoms with van der Waals surface area (Å²) in [7, 11) is 1.40. The maximum atomic E-state index is 11.4. The highest BCUT2D eigenvalue weighted by molar-refractivity contribution is 5.78. The molecule has 1 fully saturated rings. The van der Waals surface area contributed by atoms with Gasteiger partial charge in [0.1, 0.15) is 0 Å². The predicted molar refractivity (Wildman–Crippen MR) is 72.1 cm³/mol. The Morgan fingerprint density at radius 1 is 1.39 bits per heavy atom.